The first kappa shape index (κ1) is 26.2. The molecule has 0 aromatic rings. The molecule has 0 N–H and O–H groups in total. The van der Waals surface area contributed by atoms with E-state index in [0.717, 1.165) is 0 Å². The maximum Gasteiger partial charge on any atom is 0.00454 e. The largest absolute Gasteiger partial charge is 0.0817 e. The van der Waals surface area contributed by atoms with Gasteiger partial charge < -0.3 is 0 Å². The van der Waals surface area contributed by atoms with Crippen molar-refractivity contribution in [1.29, 1.82) is 0 Å². The van der Waals surface area contributed by atoms with Gasteiger partial charge in [0, 0.05) is 11.5 Å². The Labute approximate surface area is 190 Å². The third kappa shape index (κ3) is 21.7. The summed E-state index contributed by atoms with van der Waals surface area (Å²) in [4.78, 5) is 0. The van der Waals surface area contributed by atoms with E-state index in [4.69, 9.17) is 0 Å². The average Bonchev–Trinajstić information content (AvgIpc) is 2.62. The molecule has 25 heavy (non-hydrogen) atoms. The van der Waals surface area contributed by atoms with Gasteiger partial charge in [-0.1, -0.05) is 98.6 Å². The minimum Gasteiger partial charge on any atom is -0.0817 e. The van der Waals surface area contributed by atoms with Crippen LogP contribution < -0.4 is 0 Å². The van der Waals surface area contributed by atoms with E-state index in [-0.39, 0.29) is 0 Å². The van der Waals surface area contributed by atoms with Crippen molar-refractivity contribution in [2.45, 2.75) is 89.9 Å². The molecule has 0 aromatic carbocycles. The highest BCUT2D eigenvalue weighted by molar-refractivity contribution is 9.51. The molecule has 1 aliphatic rings. The summed E-state index contributed by atoms with van der Waals surface area (Å²) in [6, 6.07) is 0. The fourth-order valence-corrected chi connectivity index (χ4v) is 22.6. The van der Waals surface area contributed by atoms with Crippen LogP contribution in [0.25, 0.3) is 0 Å². The van der Waals surface area contributed by atoms with Gasteiger partial charge in [-0.3, -0.25) is 0 Å². The Balaban J connectivity index is 2.00. The topological polar surface area (TPSA) is 0 Å². The van der Waals surface area contributed by atoms with Crippen molar-refractivity contribution in [1.82, 2.24) is 0 Å². The van der Waals surface area contributed by atoms with Crippen LogP contribution in [0.1, 0.15) is 89.9 Å². The summed E-state index contributed by atoms with van der Waals surface area (Å²) in [5.74, 6) is 2.63. The Morgan fingerprint density at radius 2 is 0.480 bits per heavy atom. The van der Waals surface area contributed by atoms with Crippen molar-refractivity contribution >= 4 is 90.4 Å². The minimum absolute atomic E-state index is 1.32. The van der Waals surface area contributed by atoms with Crippen molar-refractivity contribution in [2.24, 2.45) is 0 Å². The molecule has 0 atom stereocenters. The molecular weight excluding hydrogens is 481 g/mol. The summed E-state index contributed by atoms with van der Waals surface area (Å²) < 4.78 is 0. The van der Waals surface area contributed by atoms with E-state index in [1.807, 2.05) is 90.4 Å². The van der Waals surface area contributed by atoms with Gasteiger partial charge in [-0.25, -0.2) is 0 Å². The van der Waals surface area contributed by atoms with Gasteiger partial charge in [0.2, 0.25) is 0 Å². The average molecular weight is 513 g/mol. The Morgan fingerprint density at radius 3 is 0.800 bits per heavy atom. The van der Waals surface area contributed by atoms with E-state index in [1.54, 1.807) is 0 Å². The molecule has 9 heteroatoms. The minimum atomic E-state index is 1.32. The SMILES string of the molecule is C1CCCCCCCCSSSSSSSSSCCCCCCC1. The Bertz CT molecular complexity index is 140. The molecule has 1 aliphatic heterocycles. The highest BCUT2D eigenvalue weighted by Gasteiger charge is 1.99. The molecule has 0 aliphatic carbocycles. The highest BCUT2D eigenvalue weighted by Crippen LogP contribution is 2.58. The highest BCUT2D eigenvalue weighted by atomic mass is 34.0. The third-order valence-corrected chi connectivity index (χ3v) is 21.7. The van der Waals surface area contributed by atoms with E-state index in [1.165, 1.54) is 101 Å². The second-order valence-corrected chi connectivity index (χ2v) is 21.2. The fraction of sp³-hybridized carbons (Fsp3) is 1.00. The van der Waals surface area contributed by atoms with Crippen LogP contribution in [-0.2, 0) is 0 Å². The van der Waals surface area contributed by atoms with Crippen LogP contribution in [0.3, 0.4) is 0 Å². The van der Waals surface area contributed by atoms with E-state index in [0.29, 0.717) is 0 Å². The van der Waals surface area contributed by atoms with Crippen molar-refractivity contribution in [2.75, 3.05) is 11.5 Å². The van der Waals surface area contributed by atoms with Crippen LogP contribution in [0.5, 0.6) is 0 Å². The van der Waals surface area contributed by atoms with Gasteiger partial charge in [0.15, 0.2) is 0 Å². The first-order valence-electron chi connectivity index (χ1n) is 9.41. The van der Waals surface area contributed by atoms with Crippen LogP contribution in [0.2, 0.25) is 0 Å². The molecule has 0 nitrogen and oxygen atoms in total. The zero-order valence-electron chi connectivity index (χ0n) is 15.0. The van der Waals surface area contributed by atoms with Crippen LogP contribution in [0.15, 0.2) is 0 Å². The molecule has 1 heterocycles. The van der Waals surface area contributed by atoms with Crippen LogP contribution in [0, 0.1) is 0 Å². The van der Waals surface area contributed by atoms with Gasteiger partial charge in [-0.05, 0) is 81.6 Å². The molecule has 0 unspecified atom stereocenters. The summed E-state index contributed by atoms with van der Waals surface area (Å²) >= 11 is 0. The van der Waals surface area contributed by atoms with E-state index >= 15 is 0 Å². The lowest BCUT2D eigenvalue weighted by atomic mass is 10.0. The summed E-state index contributed by atoms with van der Waals surface area (Å²) in [7, 11) is 17.5. The predicted octanol–water partition coefficient (Wildman–Crippen LogP) is 11.4. The number of rotatable bonds is 0. The van der Waals surface area contributed by atoms with Gasteiger partial charge in [0.05, 0.1) is 0 Å². The molecule has 150 valence electrons. The zero-order chi connectivity index (χ0) is 17.7. The number of hydrogen-bond donors (Lipinski definition) is 0. The quantitative estimate of drug-likeness (QED) is 0.288. The standard InChI is InChI=1S/C16H32S9/c1-2-4-6-8-10-12-14-16-18-20-22-24-25-23-21-19-17-15-13-11-9-7-5-3-1/h1-16H2. The van der Waals surface area contributed by atoms with Crippen LogP contribution in [-0.4, -0.2) is 11.5 Å². The number of hydrogen-bond acceptors (Lipinski definition) is 9. The van der Waals surface area contributed by atoms with Gasteiger partial charge in [-0.2, -0.15) is 0 Å². The smallest absolute Gasteiger partial charge is 0.00454 e. The molecule has 0 bridgehead atoms. The van der Waals surface area contributed by atoms with E-state index in [9.17, 15) is 0 Å². The summed E-state index contributed by atoms with van der Waals surface area (Å²) in [5, 5.41) is 0. The van der Waals surface area contributed by atoms with Gasteiger partial charge in [0.25, 0.3) is 0 Å². The molecule has 1 saturated heterocycles. The van der Waals surface area contributed by atoms with E-state index < -0.39 is 0 Å². The second kappa shape index (κ2) is 23.4. The molecule has 0 spiro atoms. The molecule has 1 rings (SSSR count). The first-order valence-corrected chi connectivity index (χ1v) is 21.2. The lowest BCUT2D eigenvalue weighted by Crippen LogP contribution is -1.84. The molecule has 0 aromatic heterocycles. The summed E-state index contributed by atoms with van der Waals surface area (Å²) in [5.41, 5.74) is 0. The molecular formula is C16H32S9. The Morgan fingerprint density at radius 1 is 0.240 bits per heavy atom. The first-order chi connectivity index (χ1) is 12.5. The van der Waals surface area contributed by atoms with Crippen LogP contribution in [0.4, 0.5) is 0 Å². The molecule has 0 radical (unpaired) electrons. The van der Waals surface area contributed by atoms with Crippen LogP contribution >= 0.6 is 90.4 Å². The second-order valence-electron chi connectivity index (χ2n) is 6.07. The summed E-state index contributed by atoms with van der Waals surface area (Å²) in [6.07, 6.45) is 20.3. The molecule has 0 saturated carbocycles. The van der Waals surface area contributed by atoms with Gasteiger partial charge in [0.1, 0.15) is 0 Å². The van der Waals surface area contributed by atoms with Crippen molar-refractivity contribution in [3.8, 4) is 0 Å². The zero-order valence-corrected chi connectivity index (χ0v) is 22.3. The summed E-state index contributed by atoms with van der Waals surface area (Å²) in [6.45, 7) is 0. The van der Waals surface area contributed by atoms with Crippen molar-refractivity contribution < 1.29 is 0 Å². The third-order valence-electron chi connectivity index (χ3n) is 3.97. The van der Waals surface area contributed by atoms with Crippen molar-refractivity contribution in [3.63, 3.8) is 0 Å². The Kier molecular flexibility index (Phi) is 24.5. The lowest BCUT2D eigenvalue weighted by molar-refractivity contribution is 0.539. The maximum absolute atomic E-state index is 2.03. The van der Waals surface area contributed by atoms with Crippen molar-refractivity contribution in [3.05, 3.63) is 0 Å². The molecule has 1 fully saturated rings. The van der Waals surface area contributed by atoms with Gasteiger partial charge >= 0.3 is 0 Å². The monoisotopic (exact) mass is 512 g/mol. The molecule has 0 amide bonds. The maximum atomic E-state index is 2.03. The lowest BCUT2D eigenvalue weighted by Gasteiger charge is -2.03. The predicted molar refractivity (Wildman–Crippen MR) is 143 cm³/mol. The fourth-order valence-electron chi connectivity index (χ4n) is 2.61. The van der Waals surface area contributed by atoms with Gasteiger partial charge in [-0.15, -0.1) is 0 Å². The normalized spacial score (nSPS) is 24.0. The van der Waals surface area contributed by atoms with E-state index in [2.05, 4.69) is 0 Å². The Hall–Kier alpha value is 3.15.